The van der Waals surface area contributed by atoms with E-state index in [1.807, 2.05) is 27.7 Å². The minimum Gasteiger partial charge on any atom is -0.475 e. The predicted molar refractivity (Wildman–Crippen MR) is 74.3 cm³/mol. The van der Waals surface area contributed by atoms with Gasteiger partial charge in [-0.15, -0.1) is 0 Å². The highest BCUT2D eigenvalue weighted by atomic mass is 32.2. The van der Waals surface area contributed by atoms with E-state index in [4.69, 9.17) is 9.52 Å². The van der Waals surface area contributed by atoms with Crippen LogP contribution in [0.3, 0.4) is 0 Å². The zero-order valence-corrected chi connectivity index (χ0v) is 13.4. The first-order valence-electron chi connectivity index (χ1n) is 6.20. The van der Waals surface area contributed by atoms with Crippen molar-refractivity contribution in [1.82, 2.24) is 4.31 Å². The third-order valence-corrected chi connectivity index (χ3v) is 5.57. The van der Waals surface area contributed by atoms with Crippen LogP contribution in [-0.2, 0) is 10.0 Å². The molecule has 0 aliphatic carbocycles. The van der Waals surface area contributed by atoms with Gasteiger partial charge >= 0.3 is 5.97 Å². The number of carbonyl (C=O) groups is 1. The van der Waals surface area contributed by atoms with Crippen LogP contribution in [0, 0.1) is 12.3 Å². The van der Waals surface area contributed by atoms with Crippen molar-refractivity contribution in [1.29, 1.82) is 0 Å². The van der Waals surface area contributed by atoms with Gasteiger partial charge in [-0.05, 0) is 19.3 Å². The van der Waals surface area contributed by atoms with Crippen molar-refractivity contribution in [3.63, 3.8) is 0 Å². The van der Waals surface area contributed by atoms with Gasteiger partial charge in [-0.25, -0.2) is 13.2 Å². The number of rotatable bonds is 4. The Balaban J connectivity index is 3.27. The van der Waals surface area contributed by atoms with E-state index in [1.165, 1.54) is 18.3 Å². The van der Waals surface area contributed by atoms with Crippen LogP contribution in [0.1, 0.15) is 44.0 Å². The minimum atomic E-state index is -3.79. The fraction of sp³-hybridized carbons (Fsp3) is 0.615. The number of nitrogens with zero attached hydrogens (tertiary/aromatic N) is 1. The maximum absolute atomic E-state index is 12.6. The van der Waals surface area contributed by atoms with Crippen LogP contribution in [0.4, 0.5) is 0 Å². The molecule has 1 unspecified atom stereocenters. The number of sulfonamides is 1. The second-order valence-electron chi connectivity index (χ2n) is 5.90. The summed E-state index contributed by atoms with van der Waals surface area (Å²) < 4.78 is 31.3. The topological polar surface area (TPSA) is 87.8 Å². The summed E-state index contributed by atoms with van der Waals surface area (Å²) >= 11 is 0. The van der Waals surface area contributed by atoms with Crippen LogP contribution in [0.25, 0.3) is 0 Å². The molecule has 0 amide bonds. The third kappa shape index (κ3) is 3.04. The lowest BCUT2D eigenvalue weighted by Crippen LogP contribution is -2.42. The molecule has 20 heavy (non-hydrogen) atoms. The molecule has 0 saturated heterocycles. The fourth-order valence-electron chi connectivity index (χ4n) is 1.74. The van der Waals surface area contributed by atoms with Crippen molar-refractivity contribution in [2.24, 2.45) is 5.41 Å². The SMILES string of the molecule is Cc1oc(C(=O)O)cc1S(=O)(=O)N(C)C(C)C(C)(C)C. The summed E-state index contributed by atoms with van der Waals surface area (Å²) in [4.78, 5) is 10.8. The van der Waals surface area contributed by atoms with E-state index in [-0.39, 0.29) is 27.9 Å². The molecule has 1 aromatic heterocycles. The number of carboxylic acids is 1. The fourth-order valence-corrected chi connectivity index (χ4v) is 3.44. The third-order valence-electron chi connectivity index (χ3n) is 3.54. The standard InChI is InChI=1S/C13H21NO5S/c1-8-11(7-10(19-8)12(15)16)20(17,18)14(6)9(2)13(3,4)5/h7,9H,1-6H3,(H,15,16). The van der Waals surface area contributed by atoms with Gasteiger partial charge in [-0.2, -0.15) is 4.31 Å². The van der Waals surface area contributed by atoms with Gasteiger partial charge in [0.2, 0.25) is 15.8 Å². The van der Waals surface area contributed by atoms with Gasteiger partial charge in [-0.3, -0.25) is 0 Å². The van der Waals surface area contributed by atoms with Gasteiger partial charge < -0.3 is 9.52 Å². The molecule has 7 heteroatoms. The summed E-state index contributed by atoms with van der Waals surface area (Å²) in [5, 5.41) is 8.86. The summed E-state index contributed by atoms with van der Waals surface area (Å²) in [6.07, 6.45) is 0. The summed E-state index contributed by atoms with van der Waals surface area (Å²) in [7, 11) is -2.30. The average molecular weight is 303 g/mol. The molecule has 6 nitrogen and oxygen atoms in total. The maximum Gasteiger partial charge on any atom is 0.371 e. The minimum absolute atomic E-state index is 0.0790. The average Bonchev–Trinajstić information content (AvgIpc) is 2.68. The van der Waals surface area contributed by atoms with E-state index in [1.54, 1.807) is 0 Å². The molecule has 1 rings (SSSR count). The Hall–Kier alpha value is -1.34. The summed E-state index contributed by atoms with van der Waals surface area (Å²) in [6, 6.07) is 0.800. The van der Waals surface area contributed by atoms with E-state index < -0.39 is 16.0 Å². The van der Waals surface area contributed by atoms with Crippen LogP contribution >= 0.6 is 0 Å². The highest BCUT2D eigenvalue weighted by Gasteiger charge is 2.35. The molecule has 0 radical (unpaired) electrons. The molecule has 0 spiro atoms. The molecule has 1 heterocycles. The van der Waals surface area contributed by atoms with Gasteiger partial charge in [0.05, 0.1) is 0 Å². The van der Waals surface area contributed by atoms with E-state index >= 15 is 0 Å². The maximum atomic E-state index is 12.6. The Labute approximate surface area is 119 Å². The number of aryl methyl sites for hydroxylation is 1. The lowest BCUT2D eigenvalue weighted by atomic mass is 9.88. The quantitative estimate of drug-likeness (QED) is 0.922. The predicted octanol–water partition coefficient (Wildman–Crippen LogP) is 2.34. The number of carboxylic acid groups (broad SMARTS) is 1. The molecule has 114 valence electrons. The molecule has 1 N–H and O–H groups in total. The van der Waals surface area contributed by atoms with Crippen LogP contribution in [-0.4, -0.2) is 36.9 Å². The van der Waals surface area contributed by atoms with E-state index in [0.717, 1.165) is 6.07 Å². The van der Waals surface area contributed by atoms with Crippen LogP contribution in [0.2, 0.25) is 0 Å². The zero-order chi connectivity index (χ0) is 15.9. The van der Waals surface area contributed by atoms with Gasteiger partial charge in [-0.1, -0.05) is 20.8 Å². The molecule has 1 aromatic rings. The highest BCUT2D eigenvalue weighted by Crippen LogP contribution is 2.30. The smallest absolute Gasteiger partial charge is 0.371 e. The Morgan fingerprint density at radius 3 is 2.25 bits per heavy atom. The summed E-state index contributed by atoms with van der Waals surface area (Å²) in [5.74, 6) is -1.59. The van der Waals surface area contributed by atoms with Crippen molar-refractivity contribution in [2.45, 2.75) is 45.6 Å². The Morgan fingerprint density at radius 1 is 1.40 bits per heavy atom. The molecule has 0 bridgehead atoms. The van der Waals surface area contributed by atoms with Gasteiger partial charge in [0, 0.05) is 19.2 Å². The van der Waals surface area contributed by atoms with E-state index in [0.29, 0.717) is 0 Å². The second-order valence-corrected chi connectivity index (χ2v) is 7.87. The molecule has 0 aromatic carbocycles. The summed E-state index contributed by atoms with van der Waals surface area (Å²) in [5.41, 5.74) is -0.241. The van der Waals surface area contributed by atoms with E-state index in [2.05, 4.69) is 0 Å². The molecule has 0 fully saturated rings. The number of aromatic carboxylic acids is 1. The largest absolute Gasteiger partial charge is 0.475 e. The van der Waals surface area contributed by atoms with Crippen LogP contribution < -0.4 is 0 Å². The van der Waals surface area contributed by atoms with Crippen molar-refractivity contribution >= 4 is 16.0 Å². The van der Waals surface area contributed by atoms with Crippen molar-refractivity contribution in [3.05, 3.63) is 17.6 Å². The van der Waals surface area contributed by atoms with Crippen molar-refractivity contribution in [3.8, 4) is 0 Å². The number of furan rings is 1. The first kappa shape index (κ1) is 16.7. The van der Waals surface area contributed by atoms with Crippen LogP contribution in [0.15, 0.2) is 15.4 Å². The van der Waals surface area contributed by atoms with Gasteiger partial charge in [0.15, 0.2) is 0 Å². The Bertz CT molecular complexity index is 609. The first-order chi connectivity index (χ1) is 8.89. The Kier molecular flexibility index (Phi) is 4.36. The van der Waals surface area contributed by atoms with E-state index in [9.17, 15) is 13.2 Å². The monoisotopic (exact) mass is 303 g/mol. The lowest BCUT2D eigenvalue weighted by Gasteiger charge is -2.34. The molecule has 0 saturated carbocycles. The van der Waals surface area contributed by atoms with Gasteiger partial charge in [0.1, 0.15) is 10.7 Å². The van der Waals surface area contributed by atoms with Gasteiger partial charge in [0.25, 0.3) is 0 Å². The normalized spacial score (nSPS) is 14.6. The Morgan fingerprint density at radius 2 is 1.90 bits per heavy atom. The summed E-state index contributed by atoms with van der Waals surface area (Å²) in [6.45, 7) is 9.07. The number of hydrogen-bond acceptors (Lipinski definition) is 4. The highest BCUT2D eigenvalue weighted by molar-refractivity contribution is 7.89. The molecule has 0 aliphatic rings. The molecular weight excluding hydrogens is 282 g/mol. The zero-order valence-electron chi connectivity index (χ0n) is 12.6. The lowest BCUT2D eigenvalue weighted by molar-refractivity contribution is 0.0661. The van der Waals surface area contributed by atoms with Crippen molar-refractivity contribution in [2.75, 3.05) is 7.05 Å². The first-order valence-corrected chi connectivity index (χ1v) is 7.64. The van der Waals surface area contributed by atoms with Crippen molar-refractivity contribution < 1.29 is 22.7 Å². The molecule has 1 atom stereocenters. The molecular formula is C13H21NO5S. The second kappa shape index (κ2) is 5.21. The number of hydrogen-bond donors (Lipinski definition) is 1. The molecule has 0 aliphatic heterocycles. The van der Waals surface area contributed by atoms with Crippen LogP contribution in [0.5, 0.6) is 0 Å².